The van der Waals surface area contributed by atoms with Gasteiger partial charge in [0.15, 0.2) is 0 Å². The fourth-order valence-electron chi connectivity index (χ4n) is 3.10. The summed E-state index contributed by atoms with van der Waals surface area (Å²) in [6.07, 6.45) is 0.836. The van der Waals surface area contributed by atoms with E-state index in [0.717, 1.165) is 28.5 Å². The van der Waals surface area contributed by atoms with Crippen LogP contribution in [0.3, 0.4) is 0 Å². The molecule has 26 heavy (non-hydrogen) atoms. The Morgan fingerprint density at radius 3 is 2.38 bits per heavy atom. The second kappa shape index (κ2) is 7.56. The van der Waals surface area contributed by atoms with Crippen molar-refractivity contribution in [2.45, 2.75) is 33.7 Å². The molecular weight excluding hydrogens is 324 g/mol. The number of carbonyl (C=O) groups is 1. The third-order valence-corrected chi connectivity index (χ3v) is 4.52. The van der Waals surface area contributed by atoms with Crippen molar-refractivity contribution >= 4 is 16.8 Å². The van der Waals surface area contributed by atoms with Crippen molar-refractivity contribution in [1.29, 1.82) is 0 Å². The quantitative estimate of drug-likeness (QED) is 0.751. The minimum absolute atomic E-state index is 0.0458. The molecule has 0 radical (unpaired) electrons. The number of amides is 1. The number of nitrogens with zero attached hydrogens (tertiary/aromatic N) is 1. The van der Waals surface area contributed by atoms with Crippen molar-refractivity contribution in [2.75, 3.05) is 6.54 Å². The average Bonchev–Trinajstić information content (AvgIpc) is 2.62. The molecule has 0 unspecified atom stereocenters. The third kappa shape index (κ3) is 3.85. The number of aryl methyl sites for hydroxylation is 2. The van der Waals surface area contributed by atoms with Gasteiger partial charge in [0.2, 0.25) is 0 Å². The first kappa shape index (κ1) is 17.9. The molecule has 0 aliphatic heterocycles. The highest BCUT2D eigenvalue weighted by Crippen LogP contribution is 2.15. The van der Waals surface area contributed by atoms with Crippen LogP contribution in [-0.2, 0) is 6.54 Å². The zero-order valence-electron chi connectivity index (χ0n) is 15.5. The Kier molecular flexibility index (Phi) is 5.21. The molecule has 1 N–H and O–H groups in total. The molecular formula is C22H24N2O2. The lowest BCUT2D eigenvalue weighted by Gasteiger charge is -2.22. The first-order chi connectivity index (χ1) is 12.5. The Morgan fingerprint density at radius 1 is 1.00 bits per heavy atom. The molecule has 4 nitrogen and oxygen atoms in total. The zero-order valence-corrected chi connectivity index (χ0v) is 15.5. The molecule has 0 aliphatic carbocycles. The predicted molar refractivity (Wildman–Crippen MR) is 106 cm³/mol. The molecule has 3 rings (SSSR count). The molecule has 0 spiro atoms. The molecule has 3 aromatic rings. The summed E-state index contributed by atoms with van der Waals surface area (Å²) in [5.41, 5.74) is 4.19. The number of hydrogen-bond donors (Lipinski definition) is 1. The van der Waals surface area contributed by atoms with Crippen LogP contribution in [-0.4, -0.2) is 22.3 Å². The predicted octanol–water partition coefficient (Wildman–Crippen LogP) is 4.20. The molecule has 1 aromatic heterocycles. The minimum Gasteiger partial charge on any atom is -0.334 e. The van der Waals surface area contributed by atoms with E-state index in [2.05, 4.69) is 4.98 Å². The smallest absolute Gasteiger partial charge is 0.254 e. The van der Waals surface area contributed by atoms with Crippen LogP contribution in [0.15, 0.2) is 53.3 Å². The lowest BCUT2D eigenvalue weighted by molar-refractivity contribution is 0.0742. The van der Waals surface area contributed by atoms with Crippen molar-refractivity contribution in [1.82, 2.24) is 9.88 Å². The second-order valence-electron chi connectivity index (χ2n) is 6.81. The summed E-state index contributed by atoms with van der Waals surface area (Å²) >= 11 is 0. The van der Waals surface area contributed by atoms with Crippen LogP contribution in [0.4, 0.5) is 0 Å². The maximum Gasteiger partial charge on any atom is 0.254 e. The van der Waals surface area contributed by atoms with E-state index in [9.17, 15) is 9.59 Å². The monoisotopic (exact) mass is 348 g/mol. The molecule has 0 saturated carbocycles. The first-order valence-corrected chi connectivity index (χ1v) is 8.96. The number of nitrogens with one attached hydrogen (secondary N) is 1. The maximum absolute atomic E-state index is 12.9. The van der Waals surface area contributed by atoms with E-state index in [1.165, 1.54) is 0 Å². The van der Waals surface area contributed by atoms with E-state index in [1.54, 1.807) is 4.90 Å². The number of pyridine rings is 1. The summed E-state index contributed by atoms with van der Waals surface area (Å²) in [7, 11) is 0. The van der Waals surface area contributed by atoms with Crippen molar-refractivity contribution < 1.29 is 4.79 Å². The van der Waals surface area contributed by atoms with Gasteiger partial charge in [-0.2, -0.15) is 0 Å². The van der Waals surface area contributed by atoms with Crippen molar-refractivity contribution in [3.63, 3.8) is 0 Å². The molecule has 134 valence electrons. The molecule has 0 fully saturated rings. The topological polar surface area (TPSA) is 53.2 Å². The van der Waals surface area contributed by atoms with Gasteiger partial charge in [-0.1, -0.05) is 36.2 Å². The van der Waals surface area contributed by atoms with Crippen LogP contribution in [0, 0.1) is 13.8 Å². The van der Waals surface area contributed by atoms with Gasteiger partial charge in [0, 0.05) is 23.2 Å². The third-order valence-electron chi connectivity index (χ3n) is 4.52. The molecule has 1 heterocycles. The number of carbonyl (C=O) groups excluding carboxylic acids is 1. The number of aromatic amines is 1. The van der Waals surface area contributed by atoms with Crippen LogP contribution >= 0.6 is 0 Å². The van der Waals surface area contributed by atoms with Gasteiger partial charge in [-0.3, -0.25) is 9.59 Å². The van der Waals surface area contributed by atoms with E-state index in [1.807, 2.05) is 69.3 Å². The van der Waals surface area contributed by atoms with Gasteiger partial charge in [0.25, 0.3) is 11.5 Å². The van der Waals surface area contributed by atoms with Gasteiger partial charge < -0.3 is 9.88 Å². The van der Waals surface area contributed by atoms with Gasteiger partial charge in [-0.05, 0) is 56.0 Å². The number of rotatable bonds is 5. The van der Waals surface area contributed by atoms with E-state index in [4.69, 9.17) is 0 Å². The summed E-state index contributed by atoms with van der Waals surface area (Å²) in [6.45, 7) is 6.96. The summed E-state index contributed by atoms with van der Waals surface area (Å²) < 4.78 is 0. The fraction of sp³-hybridized carbons (Fsp3) is 0.273. The normalized spacial score (nSPS) is 10.9. The Labute approximate surface area is 153 Å². The maximum atomic E-state index is 12.9. The average molecular weight is 348 g/mol. The largest absolute Gasteiger partial charge is 0.334 e. The molecule has 0 saturated heterocycles. The number of H-pyrrole nitrogens is 1. The minimum atomic E-state index is -0.140. The van der Waals surface area contributed by atoms with Gasteiger partial charge in [-0.15, -0.1) is 0 Å². The van der Waals surface area contributed by atoms with E-state index in [0.29, 0.717) is 24.2 Å². The van der Waals surface area contributed by atoms with Gasteiger partial charge in [0.05, 0.1) is 6.54 Å². The highest BCUT2D eigenvalue weighted by atomic mass is 16.2. The van der Waals surface area contributed by atoms with Crippen LogP contribution in [0.2, 0.25) is 0 Å². The van der Waals surface area contributed by atoms with E-state index >= 15 is 0 Å². The molecule has 1 amide bonds. The standard InChI is InChI=1S/C22H24N2O2/c1-4-11-24(22(26)17-8-5-15(2)6-9-17)14-19-13-18-12-16(3)7-10-20(18)23-21(19)25/h5-10,12-13H,4,11,14H2,1-3H3,(H,23,25). The molecule has 0 aliphatic rings. The van der Waals surface area contributed by atoms with Crippen LogP contribution in [0.1, 0.15) is 40.4 Å². The van der Waals surface area contributed by atoms with Gasteiger partial charge >= 0.3 is 0 Å². The number of fused-ring (bicyclic) bond motifs is 1. The molecule has 0 atom stereocenters. The zero-order chi connectivity index (χ0) is 18.7. The molecule has 2 aromatic carbocycles. The number of benzene rings is 2. The highest BCUT2D eigenvalue weighted by Gasteiger charge is 2.17. The fourth-order valence-corrected chi connectivity index (χ4v) is 3.10. The van der Waals surface area contributed by atoms with Crippen LogP contribution < -0.4 is 5.56 Å². The summed E-state index contributed by atoms with van der Waals surface area (Å²) in [6, 6.07) is 15.4. The number of aromatic nitrogens is 1. The summed E-state index contributed by atoms with van der Waals surface area (Å²) in [4.78, 5) is 30.0. The van der Waals surface area contributed by atoms with Crippen molar-refractivity contribution in [2.24, 2.45) is 0 Å². The van der Waals surface area contributed by atoms with Crippen molar-refractivity contribution in [3.05, 3.63) is 81.1 Å². The highest BCUT2D eigenvalue weighted by molar-refractivity contribution is 5.94. The summed E-state index contributed by atoms with van der Waals surface area (Å²) in [5.74, 6) is -0.0458. The van der Waals surface area contributed by atoms with Crippen LogP contribution in [0.5, 0.6) is 0 Å². The SMILES string of the molecule is CCCN(Cc1cc2cc(C)ccc2[nH]c1=O)C(=O)c1ccc(C)cc1. The Bertz CT molecular complexity index is 987. The van der Waals surface area contributed by atoms with Crippen LogP contribution in [0.25, 0.3) is 10.9 Å². The van der Waals surface area contributed by atoms with E-state index in [-0.39, 0.29) is 11.5 Å². The Morgan fingerprint density at radius 2 is 1.69 bits per heavy atom. The second-order valence-corrected chi connectivity index (χ2v) is 6.81. The lowest BCUT2D eigenvalue weighted by Crippen LogP contribution is -2.33. The van der Waals surface area contributed by atoms with Gasteiger partial charge in [0.1, 0.15) is 0 Å². The Hall–Kier alpha value is -2.88. The Balaban J connectivity index is 1.93. The van der Waals surface area contributed by atoms with E-state index < -0.39 is 0 Å². The van der Waals surface area contributed by atoms with Gasteiger partial charge in [-0.25, -0.2) is 0 Å². The number of hydrogen-bond acceptors (Lipinski definition) is 2. The first-order valence-electron chi connectivity index (χ1n) is 8.96. The molecule has 0 bridgehead atoms. The lowest BCUT2D eigenvalue weighted by atomic mass is 10.1. The molecule has 4 heteroatoms. The van der Waals surface area contributed by atoms with Crippen molar-refractivity contribution in [3.8, 4) is 0 Å². The summed E-state index contributed by atoms with van der Waals surface area (Å²) in [5, 5.41) is 0.985.